The summed E-state index contributed by atoms with van der Waals surface area (Å²) < 4.78 is 16.3. The molecule has 2 bridgehead atoms. The second-order valence-electron chi connectivity index (χ2n) is 12.3. The third-order valence-corrected chi connectivity index (χ3v) is 9.59. The van der Waals surface area contributed by atoms with Crippen LogP contribution >= 0.6 is 0 Å². The number of amides is 2. The summed E-state index contributed by atoms with van der Waals surface area (Å²) in [6.45, 7) is 5.49. The summed E-state index contributed by atoms with van der Waals surface area (Å²) in [6, 6.07) is 6.96. The quantitative estimate of drug-likeness (QED) is 0.476. The molecule has 4 fully saturated rings. The zero-order chi connectivity index (χ0) is 28.0. The molecule has 5 heterocycles. The van der Waals surface area contributed by atoms with E-state index in [1.807, 2.05) is 30.7 Å². The molecule has 4 aliphatic rings. The standard InChI is InChI=1S/C32H40FN5O2/c1-20(2)36(3)31(39)27-17-24(33)6-9-28(27)38-19-23(26-10-13-34-18-29(26)38)16-21-11-14-37(15-12-21)32(40)30-22-4-7-25(35-30)8-5-22/h6,9-10,13,17-22,25,30,35H,4-5,7-8,11-12,14-16H2,1-3H3. The number of hydrogen-bond donors (Lipinski definition) is 1. The molecule has 3 saturated heterocycles. The summed E-state index contributed by atoms with van der Waals surface area (Å²) in [5.74, 6) is 0.619. The van der Waals surface area contributed by atoms with Crippen molar-refractivity contribution in [1.82, 2.24) is 24.7 Å². The van der Waals surface area contributed by atoms with Gasteiger partial charge >= 0.3 is 0 Å². The van der Waals surface area contributed by atoms with Crippen molar-refractivity contribution in [3.63, 3.8) is 0 Å². The minimum Gasteiger partial charge on any atom is -0.341 e. The van der Waals surface area contributed by atoms with Crippen molar-refractivity contribution < 1.29 is 14.0 Å². The predicted molar refractivity (Wildman–Crippen MR) is 154 cm³/mol. The normalized spacial score (nSPS) is 23.2. The molecular weight excluding hydrogens is 505 g/mol. The maximum absolute atomic E-state index is 14.3. The summed E-state index contributed by atoms with van der Waals surface area (Å²) >= 11 is 0. The van der Waals surface area contributed by atoms with Crippen molar-refractivity contribution in [2.24, 2.45) is 11.8 Å². The van der Waals surface area contributed by atoms with Crippen LogP contribution in [0.5, 0.6) is 0 Å². The van der Waals surface area contributed by atoms with Gasteiger partial charge in [0.05, 0.1) is 29.0 Å². The maximum Gasteiger partial charge on any atom is 0.256 e. The lowest BCUT2D eigenvalue weighted by molar-refractivity contribution is -0.138. The molecule has 1 unspecified atom stereocenters. The van der Waals surface area contributed by atoms with Gasteiger partial charge in [0, 0.05) is 50.0 Å². The van der Waals surface area contributed by atoms with Crippen molar-refractivity contribution in [3.8, 4) is 5.69 Å². The first-order chi connectivity index (χ1) is 19.3. The first-order valence-electron chi connectivity index (χ1n) is 14.9. The van der Waals surface area contributed by atoms with E-state index in [-0.39, 0.29) is 18.0 Å². The van der Waals surface area contributed by atoms with Crippen molar-refractivity contribution in [1.29, 1.82) is 0 Å². The predicted octanol–water partition coefficient (Wildman–Crippen LogP) is 4.96. The summed E-state index contributed by atoms with van der Waals surface area (Å²) in [4.78, 5) is 34.7. The number of fused-ring (bicyclic) bond motifs is 4. The van der Waals surface area contributed by atoms with E-state index in [4.69, 9.17) is 0 Å². The number of likely N-dealkylation sites (tertiary alicyclic amines) is 1. The number of piperidine rings is 3. The molecule has 1 aromatic carbocycles. The fourth-order valence-electron chi connectivity index (χ4n) is 6.97. The lowest BCUT2D eigenvalue weighted by atomic mass is 9.75. The van der Waals surface area contributed by atoms with E-state index < -0.39 is 5.82 Å². The van der Waals surface area contributed by atoms with Crippen molar-refractivity contribution in [3.05, 3.63) is 59.8 Å². The highest BCUT2D eigenvalue weighted by molar-refractivity contribution is 5.99. The Morgan fingerprint density at radius 3 is 2.52 bits per heavy atom. The Balaban J connectivity index is 1.21. The van der Waals surface area contributed by atoms with Gasteiger partial charge in [-0.2, -0.15) is 0 Å². The van der Waals surface area contributed by atoms with Gasteiger partial charge in [0.25, 0.3) is 5.91 Å². The summed E-state index contributed by atoms with van der Waals surface area (Å²) in [5.41, 5.74) is 3.07. The second-order valence-corrected chi connectivity index (χ2v) is 12.3. The number of hydrogen-bond acceptors (Lipinski definition) is 4. The van der Waals surface area contributed by atoms with Crippen LogP contribution in [0, 0.1) is 17.7 Å². The van der Waals surface area contributed by atoms with Crippen LogP contribution in [0.4, 0.5) is 4.39 Å². The van der Waals surface area contributed by atoms with Crippen molar-refractivity contribution in [2.75, 3.05) is 20.1 Å². The highest BCUT2D eigenvalue weighted by atomic mass is 19.1. The van der Waals surface area contributed by atoms with Crippen LogP contribution < -0.4 is 5.32 Å². The topological polar surface area (TPSA) is 70.5 Å². The third-order valence-electron chi connectivity index (χ3n) is 9.59. The zero-order valence-electron chi connectivity index (χ0n) is 23.8. The maximum atomic E-state index is 14.3. The molecular formula is C32H40FN5O2. The molecule has 2 aromatic heterocycles. The third kappa shape index (κ3) is 5.02. The van der Waals surface area contributed by atoms with Crippen LogP contribution in [-0.2, 0) is 11.2 Å². The highest BCUT2D eigenvalue weighted by Gasteiger charge is 2.41. The van der Waals surface area contributed by atoms with Gasteiger partial charge in [-0.15, -0.1) is 0 Å². The number of pyridine rings is 1. The second kappa shape index (κ2) is 11.0. The molecule has 7 rings (SSSR count). The smallest absolute Gasteiger partial charge is 0.256 e. The fraction of sp³-hybridized carbons (Fsp3) is 0.531. The van der Waals surface area contributed by atoms with Gasteiger partial charge in [-0.1, -0.05) is 0 Å². The van der Waals surface area contributed by atoms with Gasteiger partial charge in [-0.05, 0) is 100 Å². The first kappa shape index (κ1) is 26.9. The molecule has 1 N–H and O–H groups in total. The largest absolute Gasteiger partial charge is 0.341 e. The molecule has 212 valence electrons. The van der Waals surface area contributed by atoms with Gasteiger partial charge in [-0.3, -0.25) is 14.6 Å². The number of halogens is 1. The number of benzene rings is 1. The Morgan fingerprint density at radius 2 is 1.85 bits per heavy atom. The van der Waals surface area contributed by atoms with Crippen LogP contribution in [0.25, 0.3) is 16.6 Å². The van der Waals surface area contributed by atoms with Gasteiger partial charge in [0.15, 0.2) is 0 Å². The van der Waals surface area contributed by atoms with Crippen molar-refractivity contribution in [2.45, 2.75) is 76.9 Å². The Bertz CT molecular complexity index is 1400. The van der Waals surface area contributed by atoms with E-state index >= 15 is 0 Å². The van der Waals surface area contributed by atoms with E-state index in [1.54, 1.807) is 24.2 Å². The SMILES string of the molecule is CC(C)N(C)C(=O)c1cc(F)ccc1-n1cc(CC2CCN(C(=O)C3NC4CCC3CC4)CC2)c2ccncc21. The van der Waals surface area contributed by atoms with Crippen LogP contribution in [0.2, 0.25) is 0 Å². The minimum absolute atomic E-state index is 0.0101. The van der Waals surface area contributed by atoms with Crippen molar-refractivity contribution >= 4 is 22.7 Å². The molecule has 3 aromatic rings. The van der Waals surface area contributed by atoms with Gasteiger partial charge < -0.3 is 19.7 Å². The van der Waals surface area contributed by atoms with Crippen LogP contribution in [-0.4, -0.2) is 69.4 Å². The average Bonchev–Trinajstić information content (AvgIpc) is 3.34. The van der Waals surface area contributed by atoms with Gasteiger partial charge in [-0.25, -0.2) is 4.39 Å². The lowest BCUT2D eigenvalue weighted by Crippen LogP contribution is -2.60. The molecule has 40 heavy (non-hydrogen) atoms. The van der Waals surface area contributed by atoms with E-state index in [0.29, 0.717) is 35.0 Å². The number of nitrogens with one attached hydrogen (secondary N) is 1. The monoisotopic (exact) mass is 545 g/mol. The Kier molecular flexibility index (Phi) is 7.38. The average molecular weight is 546 g/mol. The molecule has 0 spiro atoms. The Hall–Kier alpha value is -3.26. The van der Waals surface area contributed by atoms with E-state index in [9.17, 15) is 14.0 Å². The van der Waals surface area contributed by atoms with Gasteiger partial charge in [0.1, 0.15) is 5.82 Å². The number of carbonyl (C=O) groups is 2. The molecule has 0 radical (unpaired) electrons. The molecule has 1 aliphatic carbocycles. The summed E-state index contributed by atoms with van der Waals surface area (Å²) in [6.07, 6.45) is 13.3. The molecule has 1 atom stereocenters. The zero-order valence-corrected chi connectivity index (χ0v) is 23.8. The molecule has 1 saturated carbocycles. The minimum atomic E-state index is -0.434. The van der Waals surface area contributed by atoms with Crippen LogP contribution in [0.3, 0.4) is 0 Å². The number of aromatic nitrogens is 2. The summed E-state index contributed by atoms with van der Waals surface area (Å²) in [7, 11) is 1.74. The number of carbonyl (C=O) groups excluding carboxylic acids is 2. The first-order valence-corrected chi connectivity index (χ1v) is 14.9. The van der Waals surface area contributed by atoms with E-state index in [2.05, 4.69) is 21.4 Å². The molecule has 7 nitrogen and oxygen atoms in total. The fourth-order valence-corrected chi connectivity index (χ4v) is 6.97. The Morgan fingerprint density at radius 1 is 1.10 bits per heavy atom. The lowest BCUT2D eigenvalue weighted by Gasteiger charge is -2.45. The molecule has 3 aliphatic heterocycles. The highest BCUT2D eigenvalue weighted by Crippen LogP contribution is 2.35. The summed E-state index contributed by atoms with van der Waals surface area (Å²) in [5, 5.41) is 4.71. The number of rotatable bonds is 6. The van der Waals surface area contributed by atoms with E-state index in [1.165, 1.54) is 43.4 Å². The van der Waals surface area contributed by atoms with E-state index in [0.717, 1.165) is 43.3 Å². The van der Waals surface area contributed by atoms with Crippen LogP contribution in [0.1, 0.15) is 68.3 Å². The van der Waals surface area contributed by atoms with Gasteiger partial charge in [0.2, 0.25) is 5.91 Å². The van der Waals surface area contributed by atoms with Crippen LogP contribution in [0.15, 0.2) is 42.9 Å². The molecule has 2 amide bonds. The number of nitrogens with zero attached hydrogens (tertiary/aromatic N) is 4. The Labute approximate surface area is 235 Å². The molecule has 8 heteroatoms.